The van der Waals surface area contributed by atoms with Crippen LogP contribution in [0.4, 0.5) is 5.69 Å². The summed E-state index contributed by atoms with van der Waals surface area (Å²) < 4.78 is 2.51. The number of halogens is 1. The van der Waals surface area contributed by atoms with Crippen LogP contribution < -0.4 is 4.59 Å². The molecule has 0 spiro atoms. The summed E-state index contributed by atoms with van der Waals surface area (Å²) in [6.07, 6.45) is 2.40. The molecule has 0 N–H and O–H groups in total. The Labute approximate surface area is 118 Å². The predicted molar refractivity (Wildman–Crippen MR) is 74.9 cm³/mol. The van der Waals surface area contributed by atoms with E-state index in [1.165, 1.54) is 0 Å². The van der Waals surface area contributed by atoms with Crippen molar-refractivity contribution in [1.82, 2.24) is 4.57 Å². The van der Waals surface area contributed by atoms with Crippen LogP contribution in [0.15, 0.2) is 35.3 Å². The molecule has 0 saturated carbocycles. The number of carbonyl (C=O) groups excluding carboxylic acids is 1. The maximum absolute atomic E-state index is 11.1. The molecule has 0 aliphatic carbocycles. The van der Waals surface area contributed by atoms with Crippen molar-refractivity contribution in [2.75, 3.05) is 0 Å². The molecule has 1 heterocycles. The number of aromatic nitrogens is 1. The van der Waals surface area contributed by atoms with Crippen molar-refractivity contribution in [2.24, 2.45) is 12.0 Å². The molecule has 1 radical (unpaired) electrons. The van der Waals surface area contributed by atoms with Crippen molar-refractivity contribution in [1.29, 1.82) is 0 Å². The van der Waals surface area contributed by atoms with Gasteiger partial charge >= 0.3 is 118 Å². The van der Waals surface area contributed by atoms with Gasteiger partial charge in [0.2, 0.25) is 0 Å². The quantitative estimate of drug-likeness (QED) is 0.483. The van der Waals surface area contributed by atoms with Crippen molar-refractivity contribution >= 4 is 50.4 Å². The van der Waals surface area contributed by atoms with Crippen LogP contribution in [0, 0.1) is 0 Å². The van der Waals surface area contributed by atoms with Gasteiger partial charge in [0.15, 0.2) is 0 Å². The standard InChI is InChI=1S/C13H10ClN2OSe/c1-16-12(14)11(8-17)10(13(16)18)7-15-9-5-3-2-4-6-9/h2-8H,1H3. The SMILES string of the molecule is Cn1c(Cl)c(C=O)c(C=Nc2ccccc2)c1[Se]. The van der Waals surface area contributed by atoms with Crippen molar-refractivity contribution in [3.05, 3.63) is 46.6 Å². The number of nitrogens with zero attached hydrogens (tertiary/aromatic N) is 2. The molecule has 91 valence electrons. The van der Waals surface area contributed by atoms with Gasteiger partial charge in [-0.2, -0.15) is 0 Å². The summed E-state index contributed by atoms with van der Waals surface area (Å²) in [7, 11) is 1.79. The average Bonchev–Trinajstić information content (AvgIpc) is 2.61. The molecule has 18 heavy (non-hydrogen) atoms. The van der Waals surface area contributed by atoms with E-state index >= 15 is 0 Å². The predicted octanol–water partition coefficient (Wildman–Crippen LogP) is 2.04. The molecule has 0 amide bonds. The summed E-state index contributed by atoms with van der Waals surface area (Å²) in [4.78, 5) is 15.4. The van der Waals surface area contributed by atoms with Crippen molar-refractivity contribution in [2.45, 2.75) is 0 Å². The first-order valence-electron chi connectivity index (χ1n) is 5.24. The molecule has 2 aromatic rings. The van der Waals surface area contributed by atoms with Gasteiger partial charge in [0.1, 0.15) is 0 Å². The van der Waals surface area contributed by atoms with Crippen molar-refractivity contribution in [3.8, 4) is 0 Å². The number of hydrogen-bond donors (Lipinski definition) is 0. The Morgan fingerprint density at radius 1 is 1.28 bits per heavy atom. The minimum atomic E-state index is 0.410. The van der Waals surface area contributed by atoms with E-state index in [1.807, 2.05) is 30.3 Å². The fourth-order valence-corrected chi connectivity index (χ4v) is 2.44. The second kappa shape index (κ2) is 5.53. The van der Waals surface area contributed by atoms with Gasteiger partial charge in [0.05, 0.1) is 0 Å². The van der Waals surface area contributed by atoms with E-state index in [0.29, 0.717) is 16.3 Å². The van der Waals surface area contributed by atoms with E-state index in [0.717, 1.165) is 16.6 Å². The van der Waals surface area contributed by atoms with Crippen molar-refractivity contribution in [3.63, 3.8) is 0 Å². The minimum absolute atomic E-state index is 0.410. The second-order valence-corrected chi connectivity index (χ2v) is 4.86. The van der Waals surface area contributed by atoms with Gasteiger partial charge < -0.3 is 0 Å². The molecule has 0 atom stereocenters. The summed E-state index contributed by atoms with van der Waals surface area (Å²) in [5.74, 6) is 0. The van der Waals surface area contributed by atoms with Crippen LogP contribution in [0.3, 0.4) is 0 Å². The number of aldehydes is 1. The molecule has 2 rings (SSSR count). The van der Waals surface area contributed by atoms with Crippen LogP contribution in [-0.2, 0) is 7.05 Å². The fourth-order valence-electron chi connectivity index (χ4n) is 1.57. The average molecular weight is 325 g/mol. The van der Waals surface area contributed by atoms with Gasteiger partial charge in [-0.1, -0.05) is 0 Å². The number of para-hydroxylation sites is 1. The van der Waals surface area contributed by atoms with Gasteiger partial charge in [-0.25, -0.2) is 0 Å². The summed E-state index contributed by atoms with van der Waals surface area (Å²) in [5, 5.41) is 0.410. The zero-order chi connectivity index (χ0) is 13.1. The molecule has 0 fully saturated rings. The summed E-state index contributed by atoms with van der Waals surface area (Å²) in [6, 6.07) is 9.52. The topological polar surface area (TPSA) is 34.4 Å². The Morgan fingerprint density at radius 3 is 2.56 bits per heavy atom. The molecule has 0 unspecified atom stereocenters. The number of benzene rings is 1. The molecule has 0 aliphatic heterocycles. The van der Waals surface area contributed by atoms with Crippen LogP contribution in [0.1, 0.15) is 15.9 Å². The molecule has 3 nitrogen and oxygen atoms in total. The summed E-state index contributed by atoms with van der Waals surface area (Å²) in [5.41, 5.74) is 1.99. The number of rotatable bonds is 3. The Kier molecular flexibility index (Phi) is 4.02. The zero-order valence-corrected chi connectivity index (χ0v) is 12.1. The second-order valence-electron chi connectivity index (χ2n) is 3.69. The third-order valence-electron chi connectivity index (χ3n) is 2.56. The van der Waals surface area contributed by atoms with Gasteiger partial charge in [-0.3, -0.25) is 0 Å². The van der Waals surface area contributed by atoms with E-state index in [2.05, 4.69) is 21.0 Å². The number of aliphatic imine (C=N–C) groups is 1. The number of hydrogen-bond acceptors (Lipinski definition) is 2. The van der Waals surface area contributed by atoms with Crippen molar-refractivity contribution < 1.29 is 4.79 Å². The molecular weight excluding hydrogens is 315 g/mol. The Bertz CT molecular complexity index is 605. The molecule has 0 aliphatic rings. The molecule has 5 heteroatoms. The monoisotopic (exact) mass is 325 g/mol. The first-order valence-corrected chi connectivity index (χ1v) is 6.48. The van der Waals surface area contributed by atoms with Crippen LogP contribution in [0.25, 0.3) is 0 Å². The van der Waals surface area contributed by atoms with E-state index in [4.69, 9.17) is 11.6 Å². The van der Waals surface area contributed by atoms with Crippen LogP contribution >= 0.6 is 11.6 Å². The zero-order valence-electron chi connectivity index (χ0n) is 9.63. The van der Waals surface area contributed by atoms with E-state index in [1.54, 1.807) is 17.8 Å². The van der Waals surface area contributed by atoms with E-state index < -0.39 is 0 Å². The summed E-state index contributed by atoms with van der Waals surface area (Å²) in [6.45, 7) is 0. The molecule has 0 saturated heterocycles. The van der Waals surface area contributed by atoms with Gasteiger partial charge in [0, 0.05) is 0 Å². The first-order chi connectivity index (χ1) is 8.65. The third-order valence-corrected chi connectivity index (χ3v) is 4.05. The van der Waals surface area contributed by atoms with Gasteiger partial charge in [0.25, 0.3) is 0 Å². The Morgan fingerprint density at radius 2 is 1.94 bits per heavy atom. The summed E-state index contributed by atoms with van der Waals surface area (Å²) >= 11 is 8.95. The van der Waals surface area contributed by atoms with E-state index in [9.17, 15) is 4.79 Å². The van der Waals surface area contributed by atoms with Crippen LogP contribution in [0.5, 0.6) is 0 Å². The van der Waals surface area contributed by atoms with Gasteiger partial charge in [-0.15, -0.1) is 0 Å². The molecular formula is C13H10ClN2OSe. The molecule has 0 bridgehead atoms. The molecule has 1 aromatic heterocycles. The number of carbonyl (C=O) groups is 1. The molecule has 1 aromatic carbocycles. The van der Waals surface area contributed by atoms with Crippen LogP contribution in [-0.4, -0.2) is 33.1 Å². The Hall–Kier alpha value is -1.35. The maximum atomic E-state index is 11.1. The fraction of sp³-hybridized carbons (Fsp3) is 0.0769. The normalized spacial score (nSPS) is 11.0. The van der Waals surface area contributed by atoms with Gasteiger partial charge in [-0.05, 0) is 0 Å². The van der Waals surface area contributed by atoms with Crippen LogP contribution in [0.2, 0.25) is 5.15 Å². The van der Waals surface area contributed by atoms with E-state index in [-0.39, 0.29) is 0 Å². The first kappa shape index (κ1) is 13.1. The Balaban J connectivity index is 2.44. The third kappa shape index (κ3) is 2.41.